The number of amides is 3. The first-order chi connectivity index (χ1) is 11.8. The van der Waals surface area contributed by atoms with Gasteiger partial charge in [-0.05, 0) is 41.7 Å². The molecule has 1 aliphatic heterocycles. The van der Waals surface area contributed by atoms with E-state index >= 15 is 0 Å². The second kappa shape index (κ2) is 6.52. The second-order valence-electron chi connectivity index (χ2n) is 6.85. The summed E-state index contributed by atoms with van der Waals surface area (Å²) in [5.74, 6) is 0.157. The van der Waals surface area contributed by atoms with Crippen LogP contribution < -0.4 is 5.32 Å². The largest absolute Gasteiger partial charge is 0.325 e. The van der Waals surface area contributed by atoms with Crippen molar-refractivity contribution in [3.8, 4) is 0 Å². The van der Waals surface area contributed by atoms with Crippen molar-refractivity contribution in [3.63, 3.8) is 0 Å². The summed E-state index contributed by atoms with van der Waals surface area (Å²) in [4.78, 5) is 26.6. The van der Waals surface area contributed by atoms with Crippen LogP contribution in [0.1, 0.15) is 43.4 Å². The molecule has 3 rings (SSSR count). The predicted octanol–water partition coefficient (Wildman–Crippen LogP) is 4.43. The number of imide groups is 1. The summed E-state index contributed by atoms with van der Waals surface area (Å²) in [6, 6.07) is 14.6. The average molecular weight is 357 g/mol. The Labute approximate surface area is 152 Å². The van der Waals surface area contributed by atoms with Gasteiger partial charge in [-0.15, -0.1) is 0 Å². The number of carbonyl (C=O) groups excluding carboxylic acids is 2. The molecule has 1 N–H and O–H groups in total. The van der Waals surface area contributed by atoms with Gasteiger partial charge in [-0.3, -0.25) is 9.69 Å². The van der Waals surface area contributed by atoms with Crippen molar-refractivity contribution in [3.05, 3.63) is 70.2 Å². The van der Waals surface area contributed by atoms with E-state index in [4.69, 9.17) is 11.6 Å². The minimum absolute atomic E-state index is 0.199. The molecule has 0 aromatic heterocycles. The Balaban J connectivity index is 1.86. The van der Waals surface area contributed by atoms with Gasteiger partial charge in [-0.2, -0.15) is 0 Å². The monoisotopic (exact) mass is 356 g/mol. The fraction of sp³-hybridized carbons (Fsp3) is 0.300. The highest BCUT2D eigenvalue weighted by atomic mass is 35.5. The molecular weight excluding hydrogens is 336 g/mol. The quantitative estimate of drug-likeness (QED) is 0.824. The molecule has 1 aliphatic rings. The smallest absolute Gasteiger partial charge is 0.319 e. The molecule has 3 amide bonds. The third-order valence-corrected chi connectivity index (χ3v) is 4.89. The molecule has 1 heterocycles. The summed E-state index contributed by atoms with van der Waals surface area (Å²) in [5.41, 5.74) is 1.74. The topological polar surface area (TPSA) is 49.4 Å². The van der Waals surface area contributed by atoms with Gasteiger partial charge in [0.2, 0.25) is 0 Å². The van der Waals surface area contributed by atoms with E-state index in [1.54, 1.807) is 25.1 Å². The van der Waals surface area contributed by atoms with E-state index in [-0.39, 0.29) is 18.5 Å². The van der Waals surface area contributed by atoms with Gasteiger partial charge in [-0.1, -0.05) is 61.8 Å². The summed E-state index contributed by atoms with van der Waals surface area (Å²) in [7, 11) is 0. The molecule has 25 heavy (non-hydrogen) atoms. The summed E-state index contributed by atoms with van der Waals surface area (Å²) in [5, 5.41) is 3.41. The maximum absolute atomic E-state index is 13.0. The molecule has 0 unspecified atom stereocenters. The Morgan fingerprint density at radius 2 is 1.80 bits per heavy atom. The van der Waals surface area contributed by atoms with Gasteiger partial charge in [0, 0.05) is 5.02 Å². The van der Waals surface area contributed by atoms with Crippen molar-refractivity contribution < 1.29 is 9.59 Å². The highest BCUT2D eigenvalue weighted by molar-refractivity contribution is 6.30. The van der Waals surface area contributed by atoms with Crippen LogP contribution in [0.2, 0.25) is 5.02 Å². The molecule has 0 bridgehead atoms. The van der Waals surface area contributed by atoms with Crippen molar-refractivity contribution in [1.29, 1.82) is 0 Å². The Bertz CT molecular complexity index is 817. The van der Waals surface area contributed by atoms with E-state index in [2.05, 4.69) is 19.2 Å². The van der Waals surface area contributed by atoms with E-state index in [0.29, 0.717) is 10.9 Å². The van der Waals surface area contributed by atoms with Gasteiger partial charge in [0.15, 0.2) is 0 Å². The van der Waals surface area contributed by atoms with Crippen LogP contribution in [0, 0.1) is 0 Å². The van der Waals surface area contributed by atoms with Crippen molar-refractivity contribution >= 4 is 23.5 Å². The van der Waals surface area contributed by atoms with Crippen LogP contribution in [-0.2, 0) is 16.9 Å². The molecule has 0 spiro atoms. The summed E-state index contributed by atoms with van der Waals surface area (Å²) < 4.78 is 0. The second-order valence-corrected chi connectivity index (χ2v) is 7.29. The highest BCUT2D eigenvalue weighted by Crippen LogP contribution is 2.31. The van der Waals surface area contributed by atoms with Gasteiger partial charge < -0.3 is 5.32 Å². The molecule has 2 aromatic carbocycles. The lowest BCUT2D eigenvalue weighted by atomic mass is 9.90. The minimum atomic E-state index is -1.05. The molecule has 0 saturated carbocycles. The normalized spacial score (nSPS) is 20.3. The zero-order valence-electron chi connectivity index (χ0n) is 14.5. The Hall–Kier alpha value is -2.33. The van der Waals surface area contributed by atoms with E-state index in [9.17, 15) is 9.59 Å². The maximum Gasteiger partial charge on any atom is 0.325 e. The molecule has 0 radical (unpaired) electrons. The lowest BCUT2D eigenvalue weighted by molar-refractivity contribution is -0.131. The number of urea groups is 1. The molecule has 1 atom stereocenters. The SMILES string of the molecule is CC(C)c1ccc([C@@]2(C)NC(=O)N(Cc3cccc(Cl)c3)C2=O)cc1. The van der Waals surface area contributed by atoms with Crippen molar-refractivity contribution in [2.24, 2.45) is 0 Å². The van der Waals surface area contributed by atoms with Gasteiger partial charge in [0.05, 0.1) is 6.54 Å². The van der Waals surface area contributed by atoms with Gasteiger partial charge >= 0.3 is 6.03 Å². The summed E-state index contributed by atoms with van der Waals surface area (Å²) >= 11 is 5.99. The Kier molecular flexibility index (Phi) is 4.56. The molecule has 5 heteroatoms. The number of rotatable bonds is 4. The average Bonchev–Trinajstić information content (AvgIpc) is 2.79. The van der Waals surface area contributed by atoms with Gasteiger partial charge in [-0.25, -0.2) is 4.79 Å². The molecule has 1 saturated heterocycles. The standard InChI is InChI=1S/C20H21ClN2O2/c1-13(2)15-7-9-16(10-8-15)20(3)18(24)23(19(25)22-20)12-14-5-4-6-17(21)11-14/h4-11,13H,12H2,1-3H3,(H,22,25)/t20-/m1/s1. The fourth-order valence-corrected chi connectivity index (χ4v) is 3.27. The van der Waals surface area contributed by atoms with Gasteiger partial charge in [0.25, 0.3) is 5.91 Å². The zero-order chi connectivity index (χ0) is 18.2. The number of benzene rings is 2. The number of nitrogens with one attached hydrogen (secondary N) is 1. The Morgan fingerprint density at radius 3 is 2.40 bits per heavy atom. The van der Waals surface area contributed by atoms with E-state index in [1.807, 2.05) is 30.3 Å². The first-order valence-electron chi connectivity index (χ1n) is 8.30. The molecule has 130 valence electrons. The van der Waals surface area contributed by atoms with Crippen LogP contribution >= 0.6 is 11.6 Å². The van der Waals surface area contributed by atoms with Crippen molar-refractivity contribution in [2.45, 2.75) is 38.8 Å². The predicted molar refractivity (Wildman–Crippen MR) is 98.4 cm³/mol. The van der Waals surface area contributed by atoms with Crippen LogP contribution in [0.15, 0.2) is 48.5 Å². The van der Waals surface area contributed by atoms with Crippen molar-refractivity contribution in [2.75, 3.05) is 0 Å². The highest BCUT2D eigenvalue weighted by Gasteiger charge is 2.48. The first-order valence-corrected chi connectivity index (χ1v) is 8.68. The summed E-state index contributed by atoms with van der Waals surface area (Å²) in [6.45, 7) is 6.18. The number of carbonyl (C=O) groups is 2. The number of hydrogen-bond acceptors (Lipinski definition) is 2. The van der Waals surface area contributed by atoms with Crippen molar-refractivity contribution in [1.82, 2.24) is 10.2 Å². The molecule has 1 fully saturated rings. The Morgan fingerprint density at radius 1 is 1.12 bits per heavy atom. The number of halogens is 1. The van der Waals surface area contributed by atoms with Crippen LogP contribution in [-0.4, -0.2) is 16.8 Å². The third-order valence-electron chi connectivity index (χ3n) is 4.66. The van der Waals surface area contributed by atoms with Crippen LogP contribution in [0.25, 0.3) is 0 Å². The van der Waals surface area contributed by atoms with Gasteiger partial charge in [0.1, 0.15) is 5.54 Å². The number of nitrogens with zero attached hydrogens (tertiary/aromatic N) is 1. The molecular formula is C20H21ClN2O2. The molecule has 2 aromatic rings. The third kappa shape index (κ3) is 3.27. The van der Waals surface area contributed by atoms with E-state index in [1.165, 1.54) is 10.5 Å². The lowest BCUT2D eigenvalue weighted by Crippen LogP contribution is -2.40. The van der Waals surface area contributed by atoms with Crippen LogP contribution in [0.4, 0.5) is 4.79 Å². The first kappa shape index (κ1) is 17.5. The van der Waals surface area contributed by atoms with Crippen LogP contribution in [0.5, 0.6) is 0 Å². The minimum Gasteiger partial charge on any atom is -0.319 e. The maximum atomic E-state index is 13.0. The molecule has 4 nitrogen and oxygen atoms in total. The lowest BCUT2D eigenvalue weighted by Gasteiger charge is -2.23. The van der Waals surface area contributed by atoms with Crippen LogP contribution in [0.3, 0.4) is 0 Å². The zero-order valence-corrected chi connectivity index (χ0v) is 15.3. The summed E-state index contributed by atoms with van der Waals surface area (Å²) in [6.07, 6.45) is 0. The van der Waals surface area contributed by atoms with E-state index < -0.39 is 5.54 Å². The van der Waals surface area contributed by atoms with E-state index in [0.717, 1.165) is 11.1 Å². The number of hydrogen-bond donors (Lipinski definition) is 1. The molecule has 0 aliphatic carbocycles. The fourth-order valence-electron chi connectivity index (χ4n) is 3.06.